The smallest absolute Gasteiger partial charge is 0.331 e. The van der Waals surface area contributed by atoms with Crippen molar-refractivity contribution in [3.05, 3.63) is 24.3 Å². The standard InChI is InChI=1S/C11H11NO6/c1-17-10(15)4-5-11(16)18-7-6-12-8(13)2-3-9(12)14/h2-5H,6-7H2,1H3. The molecule has 0 spiro atoms. The van der Waals surface area contributed by atoms with Crippen molar-refractivity contribution in [1.29, 1.82) is 0 Å². The van der Waals surface area contributed by atoms with Gasteiger partial charge in [0.1, 0.15) is 6.61 Å². The predicted octanol–water partition coefficient (Wildman–Crippen LogP) is -0.816. The molecule has 1 heterocycles. The summed E-state index contributed by atoms with van der Waals surface area (Å²) in [5.41, 5.74) is 0. The van der Waals surface area contributed by atoms with Crippen molar-refractivity contribution in [2.24, 2.45) is 0 Å². The maximum absolute atomic E-state index is 11.1. The summed E-state index contributed by atoms with van der Waals surface area (Å²) in [7, 11) is 1.18. The Hall–Kier alpha value is -2.44. The molecule has 96 valence electrons. The average Bonchev–Trinajstić information content (AvgIpc) is 2.67. The monoisotopic (exact) mass is 253 g/mol. The molecule has 0 aromatic carbocycles. The number of amides is 2. The fraction of sp³-hybridized carbons (Fsp3) is 0.273. The third kappa shape index (κ3) is 3.85. The molecular formula is C11H11NO6. The lowest BCUT2D eigenvalue weighted by atomic mass is 10.5. The van der Waals surface area contributed by atoms with Crippen LogP contribution in [0.1, 0.15) is 0 Å². The van der Waals surface area contributed by atoms with Crippen LogP contribution < -0.4 is 0 Å². The highest BCUT2D eigenvalue weighted by molar-refractivity contribution is 6.12. The molecule has 0 unspecified atom stereocenters. The molecule has 0 fully saturated rings. The maximum atomic E-state index is 11.1. The summed E-state index contributed by atoms with van der Waals surface area (Å²) in [6.45, 7) is -0.161. The fourth-order valence-electron chi connectivity index (χ4n) is 1.14. The molecule has 0 aromatic heterocycles. The third-order valence-electron chi connectivity index (χ3n) is 2.02. The van der Waals surface area contributed by atoms with Crippen LogP contribution in [0.4, 0.5) is 0 Å². The zero-order valence-electron chi connectivity index (χ0n) is 9.62. The second-order valence-corrected chi connectivity index (χ2v) is 3.19. The predicted molar refractivity (Wildman–Crippen MR) is 58.0 cm³/mol. The van der Waals surface area contributed by atoms with Crippen LogP contribution in [0.25, 0.3) is 0 Å². The summed E-state index contributed by atoms with van der Waals surface area (Å²) >= 11 is 0. The van der Waals surface area contributed by atoms with Gasteiger partial charge < -0.3 is 9.47 Å². The number of ether oxygens (including phenoxy) is 2. The summed E-state index contributed by atoms with van der Waals surface area (Å²) < 4.78 is 8.96. The first kappa shape index (κ1) is 13.6. The van der Waals surface area contributed by atoms with Crippen LogP contribution in [0.3, 0.4) is 0 Å². The van der Waals surface area contributed by atoms with Crippen LogP contribution in [0.15, 0.2) is 24.3 Å². The van der Waals surface area contributed by atoms with Crippen LogP contribution in [-0.4, -0.2) is 48.9 Å². The number of imide groups is 1. The summed E-state index contributed by atoms with van der Waals surface area (Å²) in [4.78, 5) is 44.9. The Morgan fingerprint density at radius 2 is 1.72 bits per heavy atom. The van der Waals surface area contributed by atoms with E-state index in [1.807, 2.05) is 0 Å². The van der Waals surface area contributed by atoms with E-state index >= 15 is 0 Å². The Labute approximate surface area is 103 Å². The summed E-state index contributed by atoms with van der Waals surface area (Å²) in [5, 5.41) is 0. The topological polar surface area (TPSA) is 90.0 Å². The van der Waals surface area contributed by atoms with Gasteiger partial charge in [-0.15, -0.1) is 0 Å². The molecule has 0 saturated heterocycles. The van der Waals surface area contributed by atoms with Crippen molar-refractivity contribution in [2.75, 3.05) is 20.3 Å². The number of methoxy groups -OCH3 is 1. The Balaban J connectivity index is 2.28. The van der Waals surface area contributed by atoms with Gasteiger partial charge in [0.15, 0.2) is 0 Å². The number of esters is 2. The zero-order valence-corrected chi connectivity index (χ0v) is 9.62. The van der Waals surface area contributed by atoms with E-state index in [9.17, 15) is 19.2 Å². The number of nitrogens with zero attached hydrogens (tertiary/aromatic N) is 1. The van der Waals surface area contributed by atoms with Crippen molar-refractivity contribution in [1.82, 2.24) is 4.90 Å². The van der Waals surface area contributed by atoms with Gasteiger partial charge in [-0.1, -0.05) is 0 Å². The molecule has 0 saturated carbocycles. The molecule has 7 nitrogen and oxygen atoms in total. The highest BCUT2D eigenvalue weighted by Gasteiger charge is 2.22. The van der Waals surface area contributed by atoms with Crippen LogP contribution in [0.2, 0.25) is 0 Å². The van der Waals surface area contributed by atoms with E-state index in [2.05, 4.69) is 9.47 Å². The lowest BCUT2D eigenvalue weighted by Crippen LogP contribution is -2.33. The Morgan fingerprint density at radius 3 is 2.28 bits per heavy atom. The van der Waals surface area contributed by atoms with E-state index in [0.29, 0.717) is 0 Å². The van der Waals surface area contributed by atoms with Gasteiger partial charge in [0.25, 0.3) is 11.8 Å². The van der Waals surface area contributed by atoms with Crippen LogP contribution >= 0.6 is 0 Å². The molecule has 7 heteroatoms. The van der Waals surface area contributed by atoms with E-state index in [1.54, 1.807) is 0 Å². The van der Waals surface area contributed by atoms with Crippen molar-refractivity contribution in [3.8, 4) is 0 Å². The number of carbonyl (C=O) groups excluding carboxylic acids is 4. The molecule has 0 radical (unpaired) electrons. The van der Waals surface area contributed by atoms with Gasteiger partial charge in [-0.05, 0) is 0 Å². The largest absolute Gasteiger partial charge is 0.466 e. The van der Waals surface area contributed by atoms with E-state index < -0.39 is 23.8 Å². The normalized spacial score (nSPS) is 14.4. The first-order chi connectivity index (χ1) is 8.54. The number of carbonyl (C=O) groups is 4. The van der Waals surface area contributed by atoms with Gasteiger partial charge in [0.2, 0.25) is 0 Å². The molecule has 0 bridgehead atoms. The number of hydrogen-bond acceptors (Lipinski definition) is 6. The summed E-state index contributed by atoms with van der Waals surface area (Å²) in [5.74, 6) is -2.32. The second-order valence-electron chi connectivity index (χ2n) is 3.19. The first-order valence-corrected chi connectivity index (χ1v) is 5.01. The van der Waals surface area contributed by atoms with Crippen molar-refractivity contribution < 1.29 is 28.7 Å². The molecule has 2 amide bonds. The molecule has 0 atom stereocenters. The molecule has 0 aliphatic carbocycles. The van der Waals surface area contributed by atoms with Crippen LogP contribution in [0, 0.1) is 0 Å². The van der Waals surface area contributed by atoms with Crippen molar-refractivity contribution in [3.63, 3.8) is 0 Å². The maximum Gasteiger partial charge on any atom is 0.331 e. The Bertz CT molecular complexity index is 419. The SMILES string of the molecule is COC(=O)C=CC(=O)OCCN1C(=O)C=CC1=O. The average molecular weight is 253 g/mol. The number of rotatable bonds is 5. The molecule has 1 rings (SSSR count). The van der Waals surface area contributed by atoms with Gasteiger partial charge in [-0.2, -0.15) is 0 Å². The molecule has 0 N–H and O–H groups in total. The fourth-order valence-corrected chi connectivity index (χ4v) is 1.14. The van der Waals surface area contributed by atoms with Gasteiger partial charge in [0, 0.05) is 24.3 Å². The van der Waals surface area contributed by atoms with E-state index in [4.69, 9.17) is 0 Å². The van der Waals surface area contributed by atoms with Gasteiger partial charge in [-0.25, -0.2) is 9.59 Å². The van der Waals surface area contributed by atoms with Gasteiger partial charge >= 0.3 is 11.9 Å². The minimum Gasteiger partial charge on any atom is -0.466 e. The van der Waals surface area contributed by atoms with Gasteiger partial charge in [-0.3, -0.25) is 14.5 Å². The Morgan fingerprint density at radius 1 is 1.17 bits per heavy atom. The highest BCUT2D eigenvalue weighted by Crippen LogP contribution is 2.02. The van der Waals surface area contributed by atoms with Crippen molar-refractivity contribution in [2.45, 2.75) is 0 Å². The van der Waals surface area contributed by atoms with E-state index in [1.165, 1.54) is 7.11 Å². The lowest BCUT2D eigenvalue weighted by Gasteiger charge is -2.12. The number of hydrogen-bond donors (Lipinski definition) is 0. The first-order valence-electron chi connectivity index (χ1n) is 5.01. The van der Waals surface area contributed by atoms with Crippen LogP contribution in [-0.2, 0) is 28.7 Å². The third-order valence-corrected chi connectivity index (χ3v) is 2.02. The minimum atomic E-state index is -0.757. The van der Waals surface area contributed by atoms with Crippen LogP contribution in [0.5, 0.6) is 0 Å². The van der Waals surface area contributed by atoms with Gasteiger partial charge in [0.05, 0.1) is 13.7 Å². The summed E-state index contributed by atoms with van der Waals surface area (Å²) in [6.07, 6.45) is 4.09. The quantitative estimate of drug-likeness (QED) is 0.361. The molecule has 18 heavy (non-hydrogen) atoms. The molecular weight excluding hydrogens is 242 g/mol. The summed E-state index contributed by atoms with van der Waals surface area (Å²) in [6, 6.07) is 0. The lowest BCUT2D eigenvalue weighted by molar-refractivity contribution is -0.143. The van der Waals surface area contributed by atoms with Crippen molar-refractivity contribution >= 4 is 23.8 Å². The molecule has 1 aliphatic rings. The van der Waals surface area contributed by atoms with E-state index in [0.717, 1.165) is 29.2 Å². The Kier molecular flexibility index (Phi) is 4.79. The van der Waals surface area contributed by atoms with E-state index in [-0.39, 0.29) is 13.2 Å². The second kappa shape index (κ2) is 6.33. The minimum absolute atomic E-state index is 0.0253. The molecule has 1 aliphatic heterocycles. The zero-order chi connectivity index (χ0) is 13.5. The highest BCUT2D eigenvalue weighted by atomic mass is 16.5. The molecule has 0 aromatic rings.